The summed E-state index contributed by atoms with van der Waals surface area (Å²) < 4.78 is 18.8. The first-order chi connectivity index (χ1) is 8.72. The molecule has 2 aromatic carbocycles. The third-order valence-electron chi connectivity index (χ3n) is 2.39. The van der Waals surface area contributed by atoms with Gasteiger partial charge in [-0.3, -0.25) is 0 Å². The molecule has 2 aromatic rings. The highest BCUT2D eigenvalue weighted by Gasteiger charge is 2.13. The number of aliphatic hydroxyl groups is 1. The SMILES string of the molecule is N#CC(O)c1ccccc1Oc1ccccc1F. The molecule has 0 aromatic heterocycles. The standard InChI is InChI=1S/C14H10FNO2/c15-11-6-2-4-8-14(11)18-13-7-3-1-5-10(13)12(17)9-16/h1-8,12,17H. The Bertz CT molecular complexity index is 592. The van der Waals surface area contributed by atoms with Crippen LogP contribution in [0.15, 0.2) is 48.5 Å². The normalized spacial score (nSPS) is 11.6. The molecule has 0 radical (unpaired) electrons. The number of nitrogens with zero attached hydrogens (tertiary/aromatic N) is 1. The highest BCUT2D eigenvalue weighted by atomic mass is 19.1. The molecule has 4 heteroatoms. The minimum absolute atomic E-state index is 0.0510. The predicted molar refractivity (Wildman–Crippen MR) is 63.5 cm³/mol. The molecule has 0 amide bonds. The lowest BCUT2D eigenvalue weighted by Crippen LogP contribution is -1.98. The van der Waals surface area contributed by atoms with Gasteiger partial charge >= 0.3 is 0 Å². The molecule has 0 aliphatic heterocycles. The van der Waals surface area contributed by atoms with Crippen molar-refractivity contribution in [1.82, 2.24) is 0 Å². The summed E-state index contributed by atoms with van der Waals surface area (Å²) in [6.45, 7) is 0. The second kappa shape index (κ2) is 5.30. The Kier molecular flexibility index (Phi) is 3.56. The van der Waals surface area contributed by atoms with Crippen LogP contribution in [0.5, 0.6) is 11.5 Å². The molecule has 18 heavy (non-hydrogen) atoms. The van der Waals surface area contributed by atoms with Gasteiger partial charge < -0.3 is 9.84 Å². The van der Waals surface area contributed by atoms with Crippen molar-refractivity contribution in [3.63, 3.8) is 0 Å². The van der Waals surface area contributed by atoms with Crippen molar-refractivity contribution in [3.8, 4) is 17.6 Å². The molecular formula is C14H10FNO2. The number of halogens is 1. The molecule has 0 aliphatic carbocycles. The van der Waals surface area contributed by atoms with Crippen LogP contribution < -0.4 is 4.74 Å². The summed E-state index contributed by atoms with van der Waals surface area (Å²) in [5.41, 5.74) is 0.309. The summed E-state index contributed by atoms with van der Waals surface area (Å²) >= 11 is 0. The zero-order chi connectivity index (χ0) is 13.0. The second-order valence-corrected chi connectivity index (χ2v) is 3.60. The largest absolute Gasteiger partial charge is 0.454 e. The van der Waals surface area contributed by atoms with Crippen molar-refractivity contribution in [2.45, 2.75) is 6.10 Å². The monoisotopic (exact) mass is 243 g/mol. The van der Waals surface area contributed by atoms with E-state index >= 15 is 0 Å². The predicted octanol–water partition coefficient (Wildman–Crippen LogP) is 3.17. The quantitative estimate of drug-likeness (QED) is 0.842. The van der Waals surface area contributed by atoms with Gasteiger partial charge in [0.1, 0.15) is 5.75 Å². The molecule has 0 fully saturated rings. The Morgan fingerprint density at radius 3 is 2.33 bits per heavy atom. The Labute approximate surface area is 104 Å². The fourth-order valence-electron chi connectivity index (χ4n) is 1.51. The van der Waals surface area contributed by atoms with Gasteiger partial charge in [0.2, 0.25) is 0 Å². The molecule has 2 rings (SSSR count). The number of para-hydroxylation sites is 2. The van der Waals surface area contributed by atoms with E-state index in [9.17, 15) is 9.50 Å². The van der Waals surface area contributed by atoms with Crippen LogP contribution in [0.1, 0.15) is 11.7 Å². The second-order valence-electron chi connectivity index (χ2n) is 3.60. The fraction of sp³-hybridized carbons (Fsp3) is 0.0714. The summed E-state index contributed by atoms with van der Waals surface area (Å²) in [7, 11) is 0. The van der Waals surface area contributed by atoms with Gasteiger partial charge in [-0.1, -0.05) is 30.3 Å². The van der Waals surface area contributed by atoms with Gasteiger partial charge in [-0.25, -0.2) is 4.39 Å². The van der Waals surface area contributed by atoms with Crippen molar-refractivity contribution in [3.05, 3.63) is 59.9 Å². The molecule has 0 saturated heterocycles. The molecule has 0 spiro atoms. The number of aliphatic hydroxyl groups excluding tert-OH is 1. The molecular weight excluding hydrogens is 233 g/mol. The van der Waals surface area contributed by atoms with Crippen molar-refractivity contribution < 1.29 is 14.2 Å². The summed E-state index contributed by atoms with van der Waals surface area (Å²) in [6.07, 6.45) is -1.30. The lowest BCUT2D eigenvalue weighted by Gasteiger charge is -2.11. The Morgan fingerprint density at radius 1 is 1.06 bits per heavy atom. The smallest absolute Gasteiger partial charge is 0.169 e. The maximum absolute atomic E-state index is 13.4. The zero-order valence-corrected chi connectivity index (χ0v) is 9.38. The van der Waals surface area contributed by atoms with Crippen LogP contribution in [0.2, 0.25) is 0 Å². The highest BCUT2D eigenvalue weighted by molar-refractivity contribution is 5.41. The number of rotatable bonds is 3. The van der Waals surface area contributed by atoms with E-state index in [1.165, 1.54) is 12.1 Å². The lowest BCUT2D eigenvalue weighted by molar-refractivity contribution is 0.231. The molecule has 1 N–H and O–H groups in total. The molecule has 3 nitrogen and oxygen atoms in total. The lowest BCUT2D eigenvalue weighted by atomic mass is 10.1. The van der Waals surface area contributed by atoms with E-state index < -0.39 is 11.9 Å². The molecule has 90 valence electrons. The van der Waals surface area contributed by atoms with E-state index in [0.717, 1.165) is 0 Å². The third-order valence-corrected chi connectivity index (χ3v) is 2.39. The fourth-order valence-corrected chi connectivity index (χ4v) is 1.51. The maximum atomic E-state index is 13.4. The third kappa shape index (κ3) is 2.47. The van der Waals surface area contributed by atoms with Gasteiger partial charge in [0.05, 0.1) is 6.07 Å². The minimum atomic E-state index is -1.30. The summed E-state index contributed by atoms with van der Waals surface area (Å²) in [5, 5.41) is 18.2. The van der Waals surface area contributed by atoms with Crippen molar-refractivity contribution >= 4 is 0 Å². The van der Waals surface area contributed by atoms with E-state index in [-0.39, 0.29) is 11.5 Å². The number of hydrogen-bond acceptors (Lipinski definition) is 3. The van der Waals surface area contributed by atoms with Crippen LogP contribution in [-0.2, 0) is 0 Å². The maximum Gasteiger partial charge on any atom is 0.169 e. The Hall–Kier alpha value is -2.38. The van der Waals surface area contributed by atoms with Crippen LogP contribution in [0.4, 0.5) is 4.39 Å². The molecule has 0 bridgehead atoms. The first-order valence-electron chi connectivity index (χ1n) is 5.31. The summed E-state index contributed by atoms with van der Waals surface area (Å²) in [4.78, 5) is 0. The first-order valence-corrected chi connectivity index (χ1v) is 5.31. The van der Waals surface area contributed by atoms with Crippen molar-refractivity contribution in [1.29, 1.82) is 5.26 Å². The average Bonchev–Trinajstić information content (AvgIpc) is 2.41. The van der Waals surface area contributed by atoms with E-state index in [1.54, 1.807) is 42.5 Å². The average molecular weight is 243 g/mol. The van der Waals surface area contributed by atoms with E-state index in [4.69, 9.17) is 10.00 Å². The van der Waals surface area contributed by atoms with Crippen LogP contribution in [0, 0.1) is 17.1 Å². The summed E-state index contributed by atoms with van der Waals surface area (Å²) in [6, 6.07) is 14.1. The number of hydrogen-bond donors (Lipinski definition) is 1. The summed E-state index contributed by atoms with van der Waals surface area (Å²) in [5.74, 6) is -0.189. The van der Waals surface area contributed by atoms with E-state index in [2.05, 4.69) is 0 Å². The van der Waals surface area contributed by atoms with Gasteiger partial charge in [-0.05, 0) is 18.2 Å². The number of nitriles is 1. The van der Waals surface area contributed by atoms with Gasteiger partial charge in [0.25, 0.3) is 0 Å². The number of ether oxygens (including phenoxy) is 1. The van der Waals surface area contributed by atoms with Crippen LogP contribution in [0.3, 0.4) is 0 Å². The molecule has 1 unspecified atom stereocenters. The van der Waals surface area contributed by atoms with Gasteiger partial charge in [-0.15, -0.1) is 0 Å². The molecule has 1 atom stereocenters. The Balaban J connectivity index is 2.36. The number of benzene rings is 2. The minimum Gasteiger partial charge on any atom is -0.454 e. The Morgan fingerprint density at radius 2 is 1.67 bits per heavy atom. The molecule has 0 saturated carbocycles. The molecule has 0 aliphatic rings. The van der Waals surface area contributed by atoms with Gasteiger partial charge in [0.15, 0.2) is 17.7 Å². The van der Waals surface area contributed by atoms with Crippen molar-refractivity contribution in [2.24, 2.45) is 0 Å². The van der Waals surface area contributed by atoms with E-state index in [0.29, 0.717) is 5.56 Å². The highest BCUT2D eigenvalue weighted by Crippen LogP contribution is 2.30. The van der Waals surface area contributed by atoms with Crippen LogP contribution in [-0.4, -0.2) is 5.11 Å². The van der Waals surface area contributed by atoms with Gasteiger partial charge in [-0.2, -0.15) is 5.26 Å². The topological polar surface area (TPSA) is 53.2 Å². The van der Waals surface area contributed by atoms with Gasteiger partial charge in [0, 0.05) is 5.56 Å². The van der Waals surface area contributed by atoms with E-state index in [1.807, 2.05) is 0 Å². The van der Waals surface area contributed by atoms with Crippen LogP contribution >= 0.6 is 0 Å². The first kappa shape index (κ1) is 12.1. The molecule has 0 heterocycles. The van der Waals surface area contributed by atoms with Crippen molar-refractivity contribution in [2.75, 3.05) is 0 Å². The van der Waals surface area contributed by atoms with Crippen LogP contribution in [0.25, 0.3) is 0 Å². The zero-order valence-electron chi connectivity index (χ0n) is 9.38.